The molecule has 4 aromatic carbocycles. The van der Waals surface area contributed by atoms with Crippen LogP contribution in [-0.2, 0) is 0 Å². The van der Waals surface area contributed by atoms with Gasteiger partial charge < -0.3 is 22.9 Å². The van der Waals surface area contributed by atoms with Gasteiger partial charge in [0, 0.05) is 55.7 Å². The second-order valence-electron chi connectivity index (χ2n) is 8.48. The molecule has 0 unspecified atom stereocenters. The first kappa shape index (κ1) is 25.0. The molecule has 2 aromatic heterocycles. The monoisotopic (exact) mass is 540 g/mol. The fraction of sp³-hybridized carbons (Fsp3) is 0. The summed E-state index contributed by atoms with van der Waals surface area (Å²) in [5, 5.41) is 3.13. The van der Waals surface area contributed by atoms with Crippen LogP contribution in [0.1, 0.15) is 0 Å². The van der Waals surface area contributed by atoms with Crippen molar-refractivity contribution in [2.24, 2.45) is 0 Å². The molecule has 0 aliphatic rings. The predicted octanol–water partition coefficient (Wildman–Crippen LogP) is 6.23. The predicted molar refractivity (Wildman–Crippen MR) is 158 cm³/mol. The Morgan fingerprint density at radius 2 is 0.921 bits per heavy atom. The highest BCUT2D eigenvalue weighted by Gasteiger charge is 2.07. The standard InChI is InChI=1S/2C14H11ClN4/c2*15-12-3-2-10(16)6-11(12)8-1-4-13-9(5-8)7-18-14(17)19-13/h2*1-7H,16H2,(H2,17,18,19). The number of anilines is 4. The van der Waals surface area contributed by atoms with E-state index in [4.69, 9.17) is 46.1 Å². The number of fused-ring (bicyclic) bond motifs is 2. The summed E-state index contributed by atoms with van der Waals surface area (Å²) in [5.74, 6) is 0.532. The van der Waals surface area contributed by atoms with Gasteiger partial charge in [-0.2, -0.15) is 0 Å². The highest BCUT2D eigenvalue weighted by atomic mass is 35.5. The largest absolute Gasteiger partial charge is 0.399 e. The lowest BCUT2D eigenvalue weighted by Crippen LogP contribution is -1.94. The van der Waals surface area contributed by atoms with E-state index in [1.165, 1.54) is 0 Å². The van der Waals surface area contributed by atoms with Gasteiger partial charge in [0.05, 0.1) is 11.0 Å². The number of hydrogen-bond acceptors (Lipinski definition) is 8. The van der Waals surface area contributed by atoms with Crippen LogP contribution in [0.4, 0.5) is 23.3 Å². The molecule has 6 rings (SSSR count). The summed E-state index contributed by atoms with van der Waals surface area (Å²) in [5.41, 5.74) is 29.4. The van der Waals surface area contributed by atoms with E-state index in [0.29, 0.717) is 21.4 Å². The fourth-order valence-electron chi connectivity index (χ4n) is 3.96. The Morgan fingerprint density at radius 1 is 0.500 bits per heavy atom. The van der Waals surface area contributed by atoms with Crippen LogP contribution in [0.5, 0.6) is 0 Å². The molecule has 6 aromatic rings. The average Bonchev–Trinajstić information content (AvgIpc) is 2.91. The van der Waals surface area contributed by atoms with Crippen molar-refractivity contribution in [1.29, 1.82) is 0 Å². The van der Waals surface area contributed by atoms with E-state index in [1.54, 1.807) is 36.7 Å². The zero-order valence-electron chi connectivity index (χ0n) is 19.9. The minimum atomic E-state index is 0.266. The minimum absolute atomic E-state index is 0.266. The quantitative estimate of drug-likeness (QED) is 0.188. The maximum absolute atomic E-state index is 6.20. The zero-order valence-corrected chi connectivity index (χ0v) is 21.4. The van der Waals surface area contributed by atoms with Crippen LogP contribution in [0.3, 0.4) is 0 Å². The molecule has 0 amide bonds. The van der Waals surface area contributed by atoms with Gasteiger partial charge in [-0.15, -0.1) is 0 Å². The molecular formula is C28H22Cl2N8. The van der Waals surface area contributed by atoms with Gasteiger partial charge in [-0.3, -0.25) is 0 Å². The number of aromatic nitrogens is 4. The molecule has 0 aliphatic heterocycles. The van der Waals surface area contributed by atoms with Crippen molar-refractivity contribution >= 4 is 68.3 Å². The first-order valence-electron chi connectivity index (χ1n) is 11.4. The molecule has 0 atom stereocenters. The van der Waals surface area contributed by atoms with E-state index in [2.05, 4.69) is 19.9 Å². The lowest BCUT2D eigenvalue weighted by atomic mass is 10.0. The maximum atomic E-state index is 6.20. The fourth-order valence-corrected chi connectivity index (χ4v) is 4.41. The molecule has 0 radical (unpaired) electrons. The van der Waals surface area contributed by atoms with Gasteiger partial charge in [-0.1, -0.05) is 35.3 Å². The molecule has 0 spiro atoms. The summed E-state index contributed by atoms with van der Waals surface area (Å²) in [6, 6.07) is 22.4. The van der Waals surface area contributed by atoms with E-state index >= 15 is 0 Å². The SMILES string of the molecule is Nc1ccc(Cl)c(-c2ccc3nc(N)ncc3c2)c1.Nc1ccc(Cl)c(-c2ccc3nc(N)ncc3c2)c1. The second kappa shape index (κ2) is 10.4. The first-order chi connectivity index (χ1) is 18.3. The van der Waals surface area contributed by atoms with Crippen molar-refractivity contribution in [2.75, 3.05) is 22.9 Å². The van der Waals surface area contributed by atoms with Crippen LogP contribution < -0.4 is 22.9 Å². The molecule has 0 fully saturated rings. The number of nitrogens with two attached hydrogens (primary N) is 4. The molecule has 8 nitrogen and oxygen atoms in total. The summed E-state index contributed by atoms with van der Waals surface area (Å²) >= 11 is 12.4. The molecule has 0 saturated heterocycles. The van der Waals surface area contributed by atoms with Gasteiger partial charge in [0.15, 0.2) is 0 Å². The minimum Gasteiger partial charge on any atom is -0.399 e. The van der Waals surface area contributed by atoms with Gasteiger partial charge in [-0.25, -0.2) is 19.9 Å². The number of rotatable bonds is 2. The van der Waals surface area contributed by atoms with Gasteiger partial charge in [0.2, 0.25) is 11.9 Å². The summed E-state index contributed by atoms with van der Waals surface area (Å²) in [7, 11) is 0. The van der Waals surface area contributed by atoms with Gasteiger partial charge in [0.25, 0.3) is 0 Å². The van der Waals surface area contributed by atoms with Gasteiger partial charge >= 0.3 is 0 Å². The number of benzene rings is 4. The van der Waals surface area contributed by atoms with Crippen molar-refractivity contribution in [3.8, 4) is 22.3 Å². The molecule has 2 heterocycles. The van der Waals surface area contributed by atoms with E-state index in [9.17, 15) is 0 Å². The van der Waals surface area contributed by atoms with Crippen LogP contribution in [0, 0.1) is 0 Å². The molecule has 38 heavy (non-hydrogen) atoms. The van der Waals surface area contributed by atoms with E-state index < -0.39 is 0 Å². The molecule has 0 bridgehead atoms. The number of halogens is 2. The number of nitrogen functional groups attached to an aromatic ring is 4. The van der Waals surface area contributed by atoms with Gasteiger partial charge in [-0.05, 0) is 71.8 Å². The third kappa shape index (κ3) is 5.36. The normalized spacial score (nSPS) is 10.8. The van der Waals surface area contributed by atoms with E-state index in [-0.39, 0.29) is 11.9 Å². The van der Waals surface area contributed by atoms with Crippen molar-refractivity contribution < 1.29 is 0 Å². The second-order valence-corrected chi connectivity index (χ2v) is 9.30. The van der Waals surface area contributed by atoms with Crippen molar-refractivity contribution in [3.05, 3.63) is 95.2 Å². The molecule has 0 saturated carbocycles. The smallest absolute Gasteiger partial charge is 0.220 e. The zero-order chi connectivity index (χ0) is 26.8. The Balaban J connectivity index is 0.000000155. The third-order valence-electron chi connectivity index (χ3n) is 5.80. The van der Waals surface area contributed by atoms with E-state index in [1.807, 2.05) is 48.5 Å². The maximum Gasteiger partial charge on any atom is 0.220 e. The molecular weight excluding hydrogens is 519 g/mol. The summed E-state index contributed by atoms with van der Waals surface area (Å²) in [6.07, 6.45) is 3.39. The Labute approximate surface area is 228 Å². The summed E-state index contributed by atoms with van der Waals surface area (Å²) in [4.78, 5) is 16.3. The van der Waals surface area contributed by atoms with Crippen molar-refractivity contribution in [3.63, 3.8) is 0 Å². The molecule has 188 valence electrons. The number of nitrogens with zero attached hydrogens (tertiary/aromatic N) is 4. The lowest BCUT2D eigenvalue weighted by molar-refractivity contribution is 1.24. The lowest BCUT2D eigenvalue weighted by Gasteiger charge is -2.07. The Hall–Kier alpha value is -4.66. The average molecular weight is 541 g/mol. The van der Waals surface area contributed by atoms with Crippen LogP contribution in [0.2, 0.25) is 10.0 Å². The molecule has 8 N–H and O–H groups in total. The van der Waals surface area contributed by atoms with Crippen LogP contribution in [-0.4, -0.2) is 19.9 Å². The molecule has 0 aliphatic carbocycles. The molecule has 10 heteroatoms. The van der Waals surface area contributed by atoms with E-state index in [0.717, 1.165) is 44.1 Å². The van der Waals surface area contributed by atoms with Crippen LogP contribution >= 0.6 is 23.2 Å². The Kier molecular flexibility index (Phi) is 6.83. The Bertz CT molecular complexity index is 1670. The van der Waals surface area contributed by atoms with Crippen molar-refractivity contribution in [1.82, 2.24) is 19.9 Å². The van der Waals surface area contributed by atoms with Crippen LogP contribution in [0.15, 0.2) is 85.2 Å². The topological polar surface area (TPSA) is 156 Å². The Morgan fingerprint density at radius 3 is 1.34 bits per heavy atom. The first-order valence-corrected chi connectivity index (χ1v) is 12.2. The number of hydrogen-bond donors (Lipinski definition) is 4. The van der Waals surface area contributed by atoms with Crippen LogP contribution in [0.25, 0.3) is 44.1 Å². The van der Waals surface area contributed by atoms with Crippen molar-refractivity contribution in [2.45, 2.75) is 0 Å². The summed E-state index contributed by atoms with van der Waals surface area (Å²) < 4.78 is 0. The summed E-state index contributed by atoms with van der Waals surface area (Å²) in [6.45, 7) is 0. The van der Waals surface area contributed by atoms with Gasteiger partial charge in [0.1, 0.15) is 0 Å². The highest BCUT2D eigenvalue weighted by Crippen LogP contribution is 2.32. The highest BCUT2D eigenvalue weighted by molar-refractivity contribution is 6.34. The third-order valence-corrected chi connectivity index (χ3v) is 6.46.